The maximum absolute atomic E-state index is 5.68. The second kappa shape index (κ2) is 17.6. The summed E-state index contributed by atoms with van der Waals surface area (Å²) in [7, 11) is 0. The fourth-order valence-corrected chi connectivity index (χ4v) is 12.9. The molecule has 370 valence electrons. The van der Waals surface area contributed by atoms with E-state index in [9.17, 15) is 0 Å². The quantitative estimate of drug-likeness (QED) is 0.160. The van der Waals surface area contributed by atoms with Crippen molar-refractivity contribution in [3.63, 3.8) is 0 Å². The Balaban J connectivity index is 1.08. The molecule has 0 atom stereocenters. The van der Waals surface area contributed by atoms with Gasteiger partial charge < -0.3 is 9.13 Å². The molecule has 0 fully saturated rings. The highest BCUT2D eigenvalue weighted by Crippen LogP contribution is 2.43. The van der Waals surface area contributed by atoms with E-state index in [4.69, 9.17) is 15.0 Å². The molecule has 0 saturated carbocycles. The van der Waals surface area contributed by atoms with Crippen molar-refractivity contribution in [1.29, 1.82) is 0 Å². The van der Waals surface area contributed by atoms with Crippen LogP contribution < -0.4 is 0 Å². The van der Waals surface area contributed by atoms with Gasteiger partial charge in [-0.05, 0) is 185 Å². The summed E-state index contributed by atoms with van der Waals surface area (Å²) in [6.45, 7) is 17.6. The normalized spacial score (nSPS) is 11.9. The molecule has 0 bridgehead atoms. The monoisotopic (exact) mass is 992 g/mol. The molecule has 0 radical (unpaired) electrons. The summed E-state index contributed by atoms with van der Waals surface area (Å²) in [5.74, 6) is 1.69. The van der Waals surface area contributed by atoms with E-state index in [1.165, 1.54) is 88.3 Å². The van der Waals surface area contributed by atoms with Crippen LogP contribution in [-0.4, -0.2) is 28.7 Å². The minimum atomic E-state index is 0.538. The molecule has 0 amide bonds. The van der Waals surface area contributed by atoms with Crippen molar-refractivity contribution in [2.24, 2.45) is 0 Å². The maximum atomic E-state index is 5.68. The molecular weight excluding hydrogens is 937 g/mol. The van der Waals surface area contributed by atoms with Crippen LogP contribution >= 0.6 is 0 Å². The molecule has 14 aromatic rings. The van der Waals surface area contributed by atoms with E-state index in [0.29, 0.717) is 17.6 Å². The van der Waals surface area contributed by atoms with Crippen molar-refractivity contribution in [2.75, 3.05) is 0 Å². The van der Waals surface area contributed by atoms with Crippen LogP contribution in [0.4, 0.5) is 0 Å². The molecule has 6 nitrogen and oxygen atoms in total. The van der Waals surface area contributed by atoms with Gasteiger partial charge in [0.1, 0.15) is 0 Å². The first kappa shape index (κ1) is 46.2. The second-order valence-electron chi connectivity index (χ2n) is 21.4. The summed E-state index contributed by atoms with van der Waals surface area (Å²) >= 11 is 0. The largest absolute Gasteiger partial charge is 0.309 e. The van der Waals surface area contributed by atoms with E-state index in [2.05, 4.69) is 263 Å². The first-order chi connectivity index (χ1) is 37.5. The molecule has 77 heavy (non-hydrogen) atoms. The Morgan fingerprint density at radius 2 is 0.623 bits per heavy atom. The number of aryl methyl sites for hydroxylation is 8. The molecule has 0 unspecified atom stereocenters. The Labute approximate surface area is 448 Å². The summed E-state index contributed by atoms with van der Waals surface area (Å²) in [6.07, 6.45) is 0. The van der Waals surface area contributed by atoms with E-state index in [0.717, 1.165) is 66.4 Å². The van der Waals surface area contributed by atoms with Crippen molar-refractivity contribution >= 4 is 65.4 Å². The zero-order chi connectivity index (χ0) is 52.4. The van der Waals surface area contributed by atoms with Gasteiger partial charge in [-0.25, -0.2) is 4.98 Å². The first-order valence-corrected chi connectivity index (χ1v) is 26.7. The van der Waals surface area contributed by atoms with E-state index >= 15 is 0 Å². The Morgan fingerprint density at radius 3 is 1.06 bits per heavy atom. The summed E-state index contributed by atoms with van der Waals surface area (Å²) in [4.78, 5) is 17.0. The Bertz CT molecular complexity index is 4450. The number of hydrogen-bond donors (Lipinski definition) is 0. The van der Waals surface area contributed by atoms with Gasteiger partial charge in [0.2, 0.25) is 5.95 Å². The Hall–Kier alpha value is -9.39. The predicted octanol–water partition coefficient (Wildman–Crippen LogP) is 18.3. The Kier molecular flexibility index (Phi) is 10.6. The SMILES string of the molecule is Cc1cc(C)c(-c2ccc3c(c2)c2cc(-c4c(C)cc(C)cc4C)ccc2n3-c2nc(-c3ccccc3-n3c4ccccc4c4cc(C)ccc43)nc(-c3ccccc3-n3c4ccccc4c4cc(C)ccc43)n2)c(C)c1. The third-order valence-electron chi connectivity index (χ3n) is 15.9. The number of benzene rings is 10. The minimum absolute atomic E-state index is 0.538. The van der Waals surface area contributed by atoms with Gasteiger partial charge in [0, 0.05) is 43.4 Å². The molecule has 10 aromatic carbocycles. The van der Waals surface area contributed by atoms with Gasteiger partial charge in [0.25, 0.3) is 0 Å². The molecule has 0 saturated heterocycles. The van der Waals surface area contributed by atoms with Crippen LogP contribution in [0.3, 0.4) is 0 Å². The van der Waals surface area contributed by atoms with Gasteiger partial charge in [0.05, 0.1) is 44.5 Å². The van der Waals surface area contributed by atoms with Crippen molar-refractivity contribution in [3.8, 4) is 62.4 Å². The average molecular weight is 993 g/mol. The van der Waals surface area contributed by atoms with Crippen LogP contribution in [-0.2, 0) is 0 Å². The van der Waals surface area contributed by atoms with Crippen LogP contribution in [0.15, 0.2) is 194 Å². The summed E-state index contributed by atoms with van der Waals surface area (Å²) < 4.78 is 7.03. The number of fused-ring (bicyclic) bond motifs is 9. The third-order valence-corrected chi connectivity index (χ3v) is 15.9. The second-order valence-corrected chi connectivity index (χ2v) is 21.4. The minimum Gasteiger partial charge on any atom is -0.309 e. The van der Waals surface area contributed by atoms with Gasteiger partial charge in [-0.3, -0.25) is 4.57 Å². The lowest BCUT2D eigenvalue weighted by Crippen LogP contribution is -2.09. The zero-order valence-electron chi connectivity index (χ0n) is 44.7. The molecule has 6 heteroatoms. The lowest BCUT2D eigenvalue weighted by atomic mass is 9.91. The van der Waals surface area contributed by atoms with Crippen LogP contribution in [0, 0.1) is 55.4 Å². The van der Waals surface area contributed by atoms with Crippen molar-refractivity contribution < 1.29 is 0 Å². The van der Waals surface area contributed by atoms with E-state index in [1.54, 1.807) is 0 Å². The molecular formula is C71H56N6. The fourth-order valence-electron chi connectivity index (χ4n) is 12.9. The molecule has 0 aliphatic rings. The van der Waals surface area contributed by atoms with E-state index in [-0.39, 0.29) is 0 Å². The number of hydrogen-bond acceptors (Lipinski definition) is 3. The highest BCUT2D eigenvalue weighted by atomic mass is 15.2. The molecule has 0 spiro atoms. The standard InChI is InChI=1S/C71H56N6/c1-41-25-29-63-55(37-41)51-17-9-13-21-59(51)75(63)61-23-15-11-19-53(61)69-72-70(54-20-12-16-24-62(54)76-60-22-14-10-18-52(60)56-38-42(2)26-30-64(56)76)74-71(73-69)77-65-31-27-49(67-45(5)33-43(3)34-46(67)6)39-57(65)58-40-50(28-32-66(58)77)68-47(7)35-44(4)36-48(68)8/h9-40H,1-8H3. The zero-order valence-corrected chi connectivity index (χ0v) is 44.7. The van der Waals surface area contributed by atoms with Crippen LogP contribution in [0.1, 0.15) is 44.5 Å². The number of nitrogens with zero attached hydrogens (tertiary/aromatic N) is 6. The molecule has 0 aliphatic heterocycles. The van der Waals surface area contributed by atoms with Gasteiger partial charge in [-0.2, -0.15) is 9.97 Å². The van der Waals surface area contributed by atoms with Crippen LogP contribution in [0.5, 0.6) is 0 Å². The van der Waals surface area contributed by atoms with Crippen LogP contribution in [0.25, 0.3) is 128 Å². The van der Waals surface area contributed by atoms with Crippen LogP contribution in [0.2, 0.25) is 0 Å². The smallest absolute Gasteiger partial charge is 0.238 e. The summed E-state index contributed by atoms with van der Waals surface area (Å²) in [6, 6.07) is 71.1. The highest BCUT2D eigenvalue weighted by Gasteiger charge is 2.25. The molecule has 4 aromatic heterocycles. The van der Waals surface area contributed by atoms with Gasteiger partial charge in [-0.1, -0.05) is 131 Å². The Morgan fingerprint density at radius 1 is 0.273 bits per heavy atom. The molecule has 0 N–H and O–H groups in total. The van der Waals surface area contributed by atoms with Gasteiger partial charge in [0.15, 0.2) is 11.6 Å². The summed E-state index contributed by atoms with van der Waals surface area (Å²) in [5, 5.41) is 7.07. The lowest BCUT2D eigenvalue weighted by Gasteiger charge is -2.17. The van der Waals surface area contributed by atoms with E-state index < -0.39 is 0 Å². The highest BCUT2D eigenvalue weighted by molar-refractivity contribution is 6.13. The third kappa shape index (κ3) is 7.34. The molecule has 4 heterocycles. The van der Waals surface area contributed by atoms with Crippen molar-refractivity contribution in [3.05, 3.63) is 239 Å². The number of para-hydroxylation sites is 4. The predicted molar refractivity (Wildman–Crippen MR) is 322 cm³/mol. The van der Waals surface area contributed by atoms with Crippen molar-refractivity contribution in [1.82, 2.24) is 28.7 Å². The molecule has 0 aliphatic carbocycles. The topological polar surface area (TPSA) is 53.5 Å². The average Bonchev–Trinajstić information content (AvgIpc) is 4.25. The van der Waals surface area contributed by atoms with Gasteiger partial charge >= 0.3 is 0 Å². The molecule has 14 rings (SSSR count). The lowest BCUT2D eigenvalue weighted by molar-refractivity contribution is 0.950. The van der Waals surface area contributed by atoms with Gasteiger partial charge in [-0.15, -0.1) is 0 Å². The fraction of sp³-hybridized carbons (Fsp3) is 0.113. The van der Waals surface area contributed by atoms with E-state index in [1.807, 2.05) is 0 Å². The first-order valence-electron chi connectivity index (χ1n) is 26.7. The maximum Gasteiger partial charge on any atom is 0.238 e. The summed E-state index contributed by atoms with van der Waals surface area (Å²) in [5.41, 5.74) is 25.2. The number of rotatable bonds is 7. The van der Waals surface area contributed by atoms with Crippen molar-refractivity contribution in [2.45, 2.75) is 55.4 Å². The number of aromatic nitrogens is 6.